The van der Waals surface area contributed by atoms with Crippen LogP contribution in [0, 0.1) is 20.8 Å². The van der Waals surface area contributed by atoms with Gasteiger partial charge in [0.25, 0.3) is 5.56 Å². The van der Waals surface area contributed by atoms with Crippen molar-refractivity contribution in [2.75, 3.05) is 0 Å². The van der Waals surface area contributed by atoms with Gasteiger partial charge in [0.15, 0.2) is 0 Å². The molecule has 8 nitrogen and oxygen atoms in total. The minimum Gasteiger partial charge on any atom is -0.347 e. The number of pyridine rings is 1. The number of rotatable bonds is 7. The van der Waals surface area contributed by atoms with Crippen molar-refractivity contribution >= 4 is 5.91 Å². The van der Waals surface area contributed by atoms with Gasteiger partial charge in [-0.05, 0) is 44.0 Å². The summed E-state index contributed by atoms with van der Waals surface area (Å²) in [6, 6.07) is 14.4. The first-order valence-corrected chi connectivity index (χ1v) is 10.8. The molecule has 1 amide bonds. The predicted molar refractivity (Wildman–Crippen MR) is 126 cm³/mol. The average Bonchev–Trinajstić information content (AvgIpc) is 3.05. The van der Waals surface area contributed by atoms with E-state index in [2.05, 4.69) is 25.4 Å². The first-order valence-electron chi connectivity index (χ1n) is 10.8. The zero-order valence-electron chi connectivity index (χ0n) is 18.9. The Morgan fingerprint density at radius 1 is 1.12 bits per heavy atom. The fraction of sp³-hybridized carbons (Fsp3) is 0.240. The molecule has 4 aromatic rings. The smallest absolute Gasteiger partial charge is 0.251 e. The van der Waals surface area contributed by atoms with Gasteiger partial charge in [0.05, 0.1) is 17.4 Å². The van der Waals surface area contributed by atoms with E-state index in [0.29, 0.717) is 17.9 Å². The van der Waals surface area contributed by atoms with Crippen LogP contribution in [0.1, 0.15) is 34.3 Å². The van der Waals surface area contributed by atoms with Gasteiger partial charge < -0.3 is 10.3 Å². The van der Waals surface area contributed by atoms with Crippen LogP contribution >= 0.6 is 0 Å². The van der Waals surface area contributed by atoms with E-state index in [1.165, 1.54) is 6.07 Å². The van der Waals surface area contributed by atoms with Crippen molar-refractivity contribution in [3.8, 4) is 11.4 Å². The Morgan fingerprint density at radius 2 is 1.91 bits per heavy atom. The lowest BCUT2D eigenvalue weighted by atomic mass is 10.0. The van der Waals surface area contributed by atoms with Crippen molar-refractivity contribution in [2.45, 2.75) is 39.8 Å². The molecule has 0 radical (unpaired) electrons. The molecule has 0 saturated heterocycles. The van der Waals surface area contributed by atoms with Crippen molar-refractivity contribution in [3.63, 3.8) is 0 Å². The van der Waals surface area contributed by atoms with Gasteiger partial charge in [-0.25, -0.2) is 4.98 Å². The van der Waals surface area contributed by atoms with Crippen molar-refractivity contribution in [1.82, 2.24) is 30.0 Å². The quantitative estimate of drug-likeness (QED) is 0.458. The lowest BCUT2D eigenvalue weighted by Crippen LogP contribution is -2.33. The number of carbonyl (C=O) groups is 1. The summed E-state index contributed by atoms with van der Waals surface area (Å²) >= 11 is 0. The van der Waals surface area contributed by atoms with Gasteiger partial charge in [-0.3, -0.25) is 19.3 Å². The SMILES string of the molecule is Cc1nn(CC(=O)N[C@H](Cc2cc(=O)[nH]c(-c3cccnc3)n2)c2ccccc2)c(C)c1C. The molecular weight excluding hydrogens is 416 g/mol. The number of benzene rings is 1. The van der Waals surface area contributed by atoms with Crippen molar-refractivity contribution < 1.29 is 4.79 Å². The molecule has 0 unspecified atom stereocenters. The number of aromatic nitrogens is 5. The average molecular weight is 443 g/mol. The molecule has 0 aliphatic carbocycles. The second-order valence-corrected chi connectivity index (χ2v) is 8.02. The number of amides is 1. The van der Waals surface area contributed by atoms with Gasteiger partial charge in [0.2, 0.25) is 5.91 Å². The molecule has 0 aliphatic heterocycles. The molecule has 33 heavy (non-hydrogen) atoms. The van der Waals surface area contributed by atoms with Gasteiger partial charge in [0, 0.05) is 36.1 Å². The number of nitrogens with zero attached hydrogens (tertiary/aromatic N) is 4. The van der Waals surface area contributed by atoms with Crippen LogP contribution < -0.4 is 10.9 Å². The Kier molecular flexibility index (Phi) is 6.44. The van der Waals surface area contributed by atoms with Crippen molar-refractivity contribution in [2.24, 2.45) is 0 Å². The van der Waals surface area contributed by atoms with E-state index in [-0.39, 0.29) is 24.1 Å². The number of carbonyl (C=O) groups excluding carboxylic acids is 1. The Morgan fingerprint density at radius 3 is 2.58 bits per heavy atom. The normalized spacial score (nSPS) is 11.8. The summed E-state index contributed by atoms with van der Waals surface area (Å²) in [4.78, 5) is 36.7. The maximum atomic E-state index is 12.9. The van der Waals surface area contributed by atoms with E-state index in [1.54, 1.807) is 23.1 Å². The summed E-state index contributed by atoms with van der Waals surface area (Å²) in [5.41, 5.74) is 4.94. The monoisotopic (exact) mass is 442 g/mol. The summed E-state index contributed by atoms with van der Waals surface area (Å²) in [5.74, 6) is 0.286. The summed E-state index contributed by atoms with van der Waals surface area (Å²) in [7, 11) is 0. The maximum absolute atomic E-state index is 12.9. The van der Waals surface area contributed by atoms with E-state index < -0.39 is 0 Å². The molecule has 1 aromatic carbocycles. The topological polar surface area (TPSA) is 106 Å². The standard InChI is InChI=1S/C25H26N6O2/c1-16-17(2)30-31(18(16)3)15-24(33)28-22(19-8-5-4-6-9-19)12-21-13-23(32)29-25(27-21)20-10-7-11-26-14-20/h4-11,13-14,22H,12,15H2,1-3H3,(H,28,33)(H,27,29,32)/t22-/m1/s1. The third-order valence-electron chi connectivity index (χ3n) is 5.72. The third kappa shape index (κ3) is 5.23. The number of nitrogens with one attached hydrogen (secondary N) is 2. The van der Waals surface area contributed by atoms with Gasteiger partial charge in [-0.15, -0.1) is 0 Å². The molecule has 4 rings (SSSR count). The predicted octanol–water partition coefficient (Wildman–Crippen LogP) is 3.05. The minimum absolute atomic E-state index is 0.119. The van der Waals surface area contributed by atoms with E-state index >= 15 is 0 Å². The van der Waals surface area contributed by atoms with Gasteiger partial charge in [0.1, 0.15) is 12.4 Å². The van der Waals surface area contributed by atoms with Crippen LogP contribution in [0.25, 0.3) is 11.4 Å². The van der Waals surface area contributed by atoms with Gasteiger partial charge >= 0.3 is 0 Å². The molecule has 168 valence electrons. The highest BCUT2D eigenvalue weighted by atomic mass is 16.2. The third-order valence-corrected chi connectivity index (χ3v) is 5.72. The Labute approximate surface area is 191 Å². The van der Waals surface area contributed by atoms with Crippen LogP contribution in [0.4, 0.5) is 0 Å². The van der Waals surface area contributed by atoms with E-state index in [0.717, 1.165) is 28.1 Å². The Hall–Kier alpha value is -4.07. The number of hydrogen-bond acceptors (Lipinski definition) is 5. The van der Waals surface area contributed by atoms with Gasteiger partial charge in [-0.1, -0.05) is 30.3 Å². The Bertz CT molecular complexity index is 1310. The van der Waals surface area contributed by atoms with Crippen molar-refractivity contribution in [1.29, 1.82) is 0 Å². The lowest BCUT2D eigenvalue weighted by molar-refractivity contribution is -0.122. The molecule has 8 heteroatoms. The second-order valence-electron chi connectivity index (χ2n) is 8.02. The molecule has 0 aliphatic rings. The minimum atomic E-state index is -0.354. The van der Waals surface area contributed by atoms with Crippen LogP contribution in [0.3, 0.4) is 0 Å². The molecule has 0 spiro atoms. The molecule has 1 atom stereocenters. The molecule has 3 aromatic heterocycles. The largest absolute Gasteiger partial charge is 0.347 e. The highest BCUT2D eigenvalue weighted by Crippen LogP contribution is 2.19. The molecule has 3 heterocycles. The second kappa shape index (κ2) is 9.60. The first-order chi connectivity index (χ1) is 15.9. The number of H-pyrrole nitrogens is 1. The zero-order chi connectivity index (χ0) is 23.4. The van der Waals surface area contributed by atoms with E-state index in [1.807, 2.05) is 57.2 Å². The highest BCUT2D eigenvalue weighted by Gasteiger charge is 2.19. The van der Waals surface area contributed by atoms with E-state index in [9.17, 15) is 9.59 Å². The first kappa shape index (κ1) is 22.1. The van der Waals surface area contributed by atoms with Crippen LogP contribution in [0.15, 0.2) is 65.7 Å². The van der Waals surface area contributed by atoms with Crippen LogP contribution in [0.2, 0.25) is 0 Å². The molecule has 0 fully saturated rings. The van der Waals surface area contributed by atoms with Gasteiger partial charge in [-0.2, -0.15) is 5.10 Å². The molecule has 0 bridgehead atoms. The van der Waals surface area contributed by atoms with E-state index in [4.69, 9.17) is 0 Å². The highest BCUT2D eigenvalue weighted by molar-refractivity contribution is 5.76. The fourth-order valence-electron chi connectivity index (χ4n) is 3.72. The molecular formula is C25H26N6O2. The lowest BCUT2D eigenvalue weighted by Gasteiger charge is -2.19. The van der Waals surface area contributed by atoms with Crippen LogP contribution in [-0.4, -0.2) is 30.6 Å². The fourth-order valence-corrected chi connectivity index (χ4v) is 3.72. The zero-order valence-corrected chi connectivity index (χ0v) is 18.9. The maximum Gasteiger partial charge on any atom is 0.251 e. The van der Waals surface area contributed by atoms with Crippen LogP contribution in [-0.2, 0) is 17.8 Å². The van der Waals surface area contributed by atoms with Crippen LogP contribution in [0.5, 0.6) is 0 Å². The molecule has 2 N–H and O–H groups in total. The number of aromatic amines is 1. The summed E-state index contributed by atoms with van der Waals surface area (Å²) < 4.78 is 1.72. The Balaban J connectivity index is 1.59. The summed E-state index contributed by atoms with van der Waals surface area (Å²) in [5, 5.41) is 7.56. The van der Waals surface area contributed by atoms with Crippen molar-refractivity contribution in [3.05, 3.63) is 99.5 Å². The summed E-state index contributed by atoms with van der Waals surface area (Å²) in [6.45, 7) is 6.00. The number of aryl methyl sites for hydroxylation is 1. The summed E-state index contributed by atoms with van der Waals surface area (Å²) in [6.07, 6.45) is 3.68. The number of hydrogen-bond donors (Lipinski definition) is 2. The molecule has 0 saturated carbocycles.